The van der Waals surface area contributed by atoms with Gasteiger partial charge in [-0.2, -0.15) is 0 Å². The molecule has 1 amide bonds. The molecule has 4 heteroatoms. The molecule has 0 bridgehead atoms. The maximum Gasteiger partial charge on any atom is 0.227 e. The van der Waals surface area contributed by atoms with E-state index in [-0.39, 0.29) is 11.8 Å². The van der Waals surface area contributed by atoms with Gasteiger partial charge in [0.25, 0.3) is 0 Å². The van der Waals surface area contributed by atoms with Crippen LogP contribution in [0.4, 0.5) is 11.4 Å². The van der Waals surface area contributed by atoms with Gasteiger partial charge in [0, 0.05) is 43.5 Å². The number of benzene rings is 1. The lowest BCUT2D eigenvalue weighted by Crippen LogP contribution is -2.46. The van der Waals surface area contributed by atoms with Crippen molar-refractivity contribution < 1.29 is 4.79 Å². The molecule has 2 rings (SSSR count). The number of amides is 1. The molecule has 1 heterocycles. The van der Waals surface area contributed by atoms with Crippen LogP contribution in [0.15, 0.2) is 24.3 Å². The third kappa shape index (κ3) is 4.23. The molecule has 1 aliphatic heterocycles. The second-order valence-corrected chi connectivity index (χ2v) is 5.97. The van der Waals surface area contributed by atoms with Gasteiger partial charge in [-0.15, -0.1) is 0 Å². The van der Waals surface area contributed by atoms with E-state index in [2.05, 4.69) is 48.0 Å². The molecule has 0 spiro atoms. The number of nitrogens with one attached hydrogen (secondary N) is 1. The first-order valence-electron chi connectivity index (χ1n) is 8.56. The molecule has 1 N–H and O–H groups in total. The number of anilines is 2. The Morgan fingerprint density at radius 1 is 1.05 bits per heavy atom. The van der Waals surface area contributed by atoms with Gasteiger partial charge in [0.2, 0.25) is 5.91 Å². The van der Waals surface area contributed by atoms with Crippen molar-refractivity contribution in [3.63, 3.8) is 0 Å². The Morgan fingerprint density at radius 2 is 1.64 bits per heavy atom. The van der Waals surface area contributed by atoms with Crippen molar-refractivity contribution >= 4 is 17.3 Å². The molecule has 0 atom stereocenters. The molecule has 1 aromatic rings. The molecule has 1 aromatic carbocycles. The summed E-state index contributed by atoms with van der Waals surface area (Å²) in [6.07, 6.45) is 1.78. The fraction of sp³-hybridized carbons (Fsp3) is 0.611. The minimum Gasteiger partial charge on any atom is -0.369 e. The fourth-order valence-electron chi connectivity index (χ4n) is 2.98. The van der Waals surface area contributed by atoms with Crippen molar-refractivity contribution in [3.05, 3.63) is 24.3 Å². The number of hydrogen-bond donors (Lipinski definition) is 1. The average molecular weight is 303 g/mol. The van der Waals surface area contributed by atoms with E-state index in [4.69, 9.17) is 0 Å². The van der Waals surface area contributed by atoms with Crippen LogP contribution in [0.1, 0.15) is 33.6 Å². The summed E-state index contributed by atoms with van der Waals surface area (Å²) in [7, 11) is 0. The fourth-order valence-corrected chi connectivity index (χ4v) is 2.98. The van der Waals surface area contributed by atoms with Gasteiger partial charge in [-0.25, -0.2) is 0 Å². The Labute approximate surface area is 134 Å². The topological polar surface area (TPSA) is 35.6 Å². The normalized spacial score (nSPS) is 16.1. The minimum atomic E-state index is 0.113. The number of rotatable bonds is 6. The molecular formula is C18H29N3O. The first-order chi connectivity index (χ1) is 10.7. The van der Waals surface area contributed by atoms with Gasteiger partial charge >= 0.3 is 0 Å². The summed E-state index contributed by atoms with van der Waals surface area (Å²) in [6.45, 7) is 11.9. The molecular weight excluding hydrogens is 274 g/mol. The van der Waals surface area contributed by atoms with Crippen LogP contribution < -0.4 is 10.2 Å². The molecule has 0 radical (unpaired) electrons. The largest absolute Gasteiger partial charge is 0.369 e. The van der Waals surface area contributed by atoms with E-state index in [1.165, 1.54) is 5.69 Å². The first kappa shape index (κ1) is 16.8. The van der Waals surface area contributed by atoms with Crippen molar-refractivity contribution in [3.8, 4) is 0 Å². The number of carbonyl (C=O) groups is 1. The van der Waals surface area contributed by atoms with Gasteiger partial charge in [0.05, 0.1) is 0 Å². The Balaban J connectivity index is 1.92. The highest BCUT2D eigenvalue weighted by atomic mass is 16.1. The Hall–Kier alpha value is -1.55. The molecule has 0 aromatic heterocycles. The Bertz CT molecular complexity index is 460. The second-order valence-electron chi connectivity index (χ2n) is 5.97. The van der Waals surface area contributed by atoms with Gasteiger partial charge in [-0.1, -0.05) is 20.8 Å². The number of nitrogens with zero attached hydrogens (tertiary/aromatic N) is 2. The second kappa shape index (κ2) is 8.18. The maximum atomic E-state index is 12.1. The number of piperazine rings is 1. The Kier molecular flexibility index (Phi) is 6.25. The molecule has 0 saturated carbocycles. The van der Waals surface area contributed by atoms with Crippen molar-refractivity contribution in [2.75, 3.05) is 42.9 Å². The van der Waals surface area contributed by atoms with Gasteiger partial charge in [-0.3, -0.25) is 4.79 Å². The zero-order valence-electron chi connectivity index (χ0n) is 14.1. The van der Waals surface area contributed by atoms with Gasteiger partial charge in [0.15, 0.2) is 0 Å². The highest BCUT2D eigenvalue weighted by Gasteiger charge is 2.16. The number of carbonyl (C=O) groups excluding carboxylic acids is 1. The summed E-state index contributed by atoms with van der Waals surface area (Å²) in [5.41, 5.74) is 2.14. The van der Waals surface area contributed by atoms with Crippen molar-refractivity contribution in [2.45, 2.75) is 33.6 Å². The highest BCUT2D eigenvalue weighted by molar-refractivity contribution is 5.92. The molecule has 0 aliphatic carbocycles. The van der Waals surface area contributed by atoms with E-state index in [0.717, 1.165) is 51.3 Å². The van der Waals surface area contributed by atoms with Crippen LogP contribution in [0.3, 0.4) is 0 Å². The molecule has 1 aliphatic rings. The number of likely N-dealkylation sites (N-methyl/N-ethyl adjacent to an activating group) is 1. The summed E-state index contributed by atoms with van der Waals surface area (Å²) in [6, 6.07) is 8.26. The van der Waals surface area contributed by atoms with E-state index in [1.54, 1.807) is 0 Å². The quantitative estimate of drug-likeness (QED) is 0.876. The SMILES string of the molecule is CCC(CC)C(=O)Nc1ccc(N2CCN(CC)CC2)cc1. The van der Waals surface area contributed by atoms with Crippen LogP contribution in [-0.2, 0) is 4.79 Å². The summed E-state index contributed by atoms with van der Waals surface area (Å²) in [5.74, 6) is 0.246. The van der Waals surface area contributed by atoms with E-state index in [1.807, 2.05) is 12.1 Å². The highest BCUT2D eigenvalue weighted by Crippen LogP contribution is 2.20. The first-order valence-corrected chi connectivity index (χ1v) is 8.56. The Morgan fingerprint density at radius 3 is 2.14 bits per heavy atom. The van der Waals surface area contributed by atoms with E-state index in [9.17, 15) is 4.79 Å². The van der Waals surface area contributed by atoms with Crippen LogP contribution in [0.2, 0.25) is 0 Å². The zero-order valence-corrected chi connectivity index (χ0v) is 14.1. The van der Waals surface area contributed by atoms with Gasteiger partial charge < -0.3 is 15.1 Å². The lowest BCUT2D eigenvalue weighted by molar-refractivity contribution is -0.120. The summed E-state index contributed by atoms with van der Waals surface area (Å²) >= 11 is 0. The molecule has 0 unspecified atom stereocenters. The predicted octanol–water partition coefficient (Wildman–Crippen LogP) is 3.20. The molecule has 1 saturated heterocycles. The molecule has 1 fully saturated rings. The minimum absolute atomic E-state index is 0.113. The lowest BCUT2D eigenvalue weighted by atomic mass is 10.0. The maximum absolute atomic E-state index is 12.1. The van der Waals surface area contributed by atoms with Gasteiger partial charge in [0.1, 0.15) is 0 Å². The van der Waals surface area contributed by atoms with Gasteiger partial charge in [-0.05, 0) is 43.7 Å². The van der Waals surface area contributed by atoms with Crippen LogP contribution in [0.5, 0.6) is 0 Å². The monoisotopic (exact) mass is 303 g/mol. The lowest BCUT2D eigenvalue weighted by Gasteiger charge is -2.35. The predicted molar refractivity (Wildman–Crippen MR) is 93.5 cm³/mol. The summed E-state index contributed by atoms with van der Waals surface area (Å²) in [5, 5.41) is 3.02. The third-order valence-corrected chi connectivity index (χ3v) is 4.68. The molecule has 122 valence electrons. The number of hydrogen-bond acceptors (Lipinski definition) is 3. The van der Waals surface area contributed by atoms with Crippen LogP contribution in [0, 0.1) is 5.92 Å². The zero-order chi connectivity index (χ0) is 15.9. The third-order valence-electron chi connectivity index (χ3n) is 4.68. The van der Waals surface area contributed by atoms with E-state index < -0.39 is 0 Å². The standard InChI is InChI=1S/C18H29N3O/c1-4-15(5-2)18(22)19-16-7-9-17(10-8-16)21-13-11-20(6-3)12-14-21/h7-10,15H,4-6,11-14H2,1-3H3,(H,19,22). The van der Waals surface area contributed by atoms with Crippen LogP contribution >= 0.6 is 0 Å². The van der Waals surface area contributed by atoms with Crippen molar-refractivity contribution in [2.24, 2.45) is 5.92 Å². The average Bonchev–Trinajstić information content (AvgIpc) is 2.57. The summed E-state index contributed by atoms with van der Waals surface area (Å²) < 4.78 is 0. The van der Waals surface area contributed by atoms with E-state index >= 15 is 0 Å². The van der Waals surface area contributed by atoms with Crippen molar-refractivity contribution in [1.82, 2.24) is 4.90 Å². The smallest absolute Gasteiger partial charge is 0.227 e. The van der Waals surface area contributed by atoms with Crippen molar-refractivity contribution in [1.29, 1.82) is 0 Å². The van der Waals surface area contributed by atoms with Crippen LogP contribution in [0.25, 0.3) is 0 Å². The van der Waals surface area contributed by atoms with Crippen LogP contribution in [-0.4, -0.2) is 43.5 Å². The molecule has 22 heavy (non-hydrogen) atoms. The summed E-state index contributed by atoms with van der Waals surface area (Å²) in [4.78, 5) is 17.0. The molecule has 4 nitrogen and oxygen atoms in total. The van der Waals surface area contributed by atoms with E-state index in [0.29, 0.717) is 0 Å².